The summed E-state index contributed by atoms with van der Waals surface area (Å²) in [5, 5.41) is 12.2. The summed E-state index contributed by atoms with van der Waals surface area (Å²) in [6.45, 7) is 4.34. The van der Waals surface area contributed by atoms with Gasteiger partial charge < -0.3 is 10.4 Å². The molecule has 0 bridgehead atoms. The first-order chi connectivity index (χ1) is 9.97. The minimum atomic E-state index is -0.718. The van der Waals surface area contributed by atoms with Crippen LogP contribution in [0.4, 0.5) is 0 Å². The van der Waals surface area contributed by atoms with Crippen LogP contribution in [0.1, 0.15) is 38.7 Å². The number of hydrogen-bond acceptors (Lipinski definition) is 2. The predicted octanol–water partition coefficient (Wildman–Crippen LogP) is 2.58. The van der Waals surface area contributed by atoms with E-state index in [2.05, 4.69) is 5.32 Å². The third-order valence-electron chi connectivity index (χ3n) is 4.35. The highest BCUT2D eigenvalue weighted by atomic mass is 16.4. The molecule has 1 aromatic rings. The number of hydrogen-bond donors (Lipinski definition) is 2. The van der Waals surface area contributed by atoms with Gasteiger partial charge in [-0.25, -0.2) is 0 Å². The predicted molar refractivity (Wildman–Crippen MR) is 80.9 cm³/mol. The first-order valence-electron chi connectivity index (χ1n) is 7.53. The van der Waals surface area contributed by atoms with Crippen LogP contribution in [0.15, 0.2) is 30.3 Å². The van der Waals surface area contributed by atoms with Crippen molar-refractivity contribution in [3.05, 3.63) is 35.9 Å². The van der Waals surface area contributed by atoms with Crippen LogP contribution in [0.2, 0.25) is 0 Å². The summed E-state index contributed by atoms with van der Waals surface area (Å²) in [4.78, 5) is 22.8. The van der Waals surface area contributed by atoms with Gasteiger partial charge in [-0.3, -0.25) is 9.59 Å². The van der Waals surface area contributed by atoms with Crippen LogP contribution in [0.3, 0.4) is 0 Å². The maximum Gasteiger partial charge on any atom is 0.307 e. The third kappa shape index (κ3) is 3.43. The second-order valence-electron chi connectivity index (χ2n) is 6.17. The molecule has 0 radical (unpaired) electrons. The number of rotatable bonds is 7. The first-order valence-corrected chi connectivity index (χ1v) is 7.53. The Kier molecular flexibility index (Phi) is 4.66. The average Bonchev–Trinajstić information content (AvgIpc) is 3.20. The van der Waals surface area contributed by atoms with Gasteiger partial charge in [-0.05, 0) is 24.8 Å². The van der Waals surface area contributed by atoms with E-state index in [0.717, 1.165) is 18.4 Å². The van der Waals surface area contributed by atoms with Gasteiger partial charge in [0.05, 0.1) is 5.92 Å². The Morgan fingerprint density at radius 2 is 2.00 bits per heavy atom. The van der Waals surface area contributed by atoms with E-state index in [4.69, 9.17) is 0 Å². The Labute approximate surface area is 125 Å². The molecule has 114 valence electrons. The van der Waals surface area contributed by atoms with Crippen molar-refractivity contribution in [3.63, 3.8) is 0 Å². The average molecular weight is 289 g/mol. The van der Waals surface area contributed by atoms with E-state index < -0.39 is 5.97 Å². The Morgan fingerprint density at radius 3 is 2.52 bits per heavy atom. The number of carbonyl (C=O) groups is 2. The van der Waals surface area contributed by atoms with Crippen LogP contribution in [0.25, 0.3) is 0 Å². The second-order valence-corrected chi connectivity index (χ2v) is 6.17. The number of benzene rings is 1. The molecular weight excluding hydrogens is 266 g/mol. The summed E-state index contributed by atoms with van der Waals surface area (Å²) in [6.07, 6.45) is 2.30. The molecule has 0 saturated heterocycles. The number of aliphatic carboxylic acids is 1. The zero-order valence-corrected chi connectivity index (χ0v) is 12.6. The number of carboxylic acid groups (broad SMARTS) is 1. The second kappa shape index (κ2) is 6.29. The Bertz CT molecular complexity index is 512. The molecule has 1 aliphatic carbocycles. The van der Waals surface area contributed by atoms with Crippen molar-refractivity contribution in [3.8, 4) is 0 Å². The van der Waals surface area contributed by atoms with E-state index in [0.29, 0.717) is 13.0 Å². The van der Waals surface area contributed by atoms with Gasteiger partial charge in [0.15, 0.2) is 0 Å². The highest BCUT2D eigenvalue weighted by molar-refractivity contribution is 5.78. The molecular formula is C17H23NO3. The van der Waals surface area contributed by atoms with E-state index in [1.165, 1.54) is 0 Å². The molecule has 1 fully saturated rings. The lowest BCUT2D eigenvalue weighted by Gasteiger charge is -2.17. The Morgan fingerprint density at radius 1 is 1.33 bits per heavy atom. The molecule has 21 heavy (non-hydrogen) atoms. The summed E-state index contributed by atoms with van der Waals surface area (Å²) < 4.78 is 0. The van der Waals surface area contributed by atoms with E-state index in [-0.39, 0.29) is 23.2 Å². The van der Waals surface area contributed by atoms with Gasteiger partial charge in [0.2, 0.25) is 5.91 Å². The van der Waals surface area contributed by atoms with Gasteiger partial charge in [0, 0.05) is 17.9 Å². The van der Waals surface area contributed by atoms with Gasteiger partial charge >= 0.3 is 5.97 Å². The molecule has 4 nitrogen and oxygen atoms in total. The molecule has 1 amide bonds. The number of carboxylic acids is 1. The van der Waals surface area contributed by atoms with E-state index >= 15 is 0 Å². The molecule has 0 aliphatic heterocycles. The van der Waals surface area contributed by atoms with Crippen molar-refractivity contribution in [1.82, 2.24) is 5.32 Å². The fourth-order valence-corrected chi connectivity index (χ4v) is 2.96. The summed E-state index contributed by atoms with van der Waals surface area (Å²) in [5.74, 6) is -0.971. The highest BCUT2D eigenvalue weighted by Crippen LogP contribution is 2.57. The van der Waals surface area contributed by atoms with Gasteiger partial charge in [-0.1, -0.05) is 44.2 Å². The fourth-order valence-electron chi connectivity index (χ4n) is 2.96. The maximum atomic E-state index is 11.5. The van der Waals surface area contributed by atoms with Crippen molar-refractivity contribution in [2.45, 2.75) is 38.5 Å². The van der Waals surface area contributed by atoms with Gasteiger partial charge in [-0.2, -0.15) is 0 Å². The van der Waals surface area contributed by atoms with Gasteiger partial charge in [0.1, 0.15) is 0 Å². The molecule has 0 spiro atoms. The van der Waals surface area contributed by atoms with Crippen molar-refractivity contribution < 1.29 is 14.7 Å². The molecule has 4 heteroatoms. The Hall–Kier alpha value is -1.84. The molecule has 2 rings (SSSR count). The molecule has 2 unspecified atom stereocenters. The zero-order valence-electron chi connectivity index (χ0n) is 12.6. The minimum Gasteiger partial charge on any atom is -0.481 e. The quantitative estimate of drug-likeness (QED) is 0.758. The lowest BCUT2D eigenvalue weighted by atomic mass is 9.88. The molecule has 1 aliphatic rings. The van der Waals surface area contributed by atoms with Crippen molar-refractivity contribution in [1.29, 1.82) is 0 Å². The number of nitrogens with one attached hydrogen (secondary N) is 1. The summed E-state index contributed by atoms with van der Waals surface area (Å²) in [5.41, 5.74) is 0.864. The van der Waals surface area contributed by atoms with Crippen LogP contribution >= 0.6 is 0 Å². The zero-order chi connectivity index (χ0) is 15.5. The van der Waals surface area contributed by atoms with Crippen molar-refractivity contribution in [2.75, 3.05) is 6.54 Å². The van der Waals surface area contributed by atoms with Gasteiger partial charge in [0.25, 0.3) is 0 Å². The molecule has 2 atom stereocenters. The summed E-state index contributed by atoms with van der Waals surface area (Å²) in [7, 11) is 0. The summed E-state index contributed by atoms with van der Waals surface area (Å²) >= 11 is 0. The molecule has 0 aromatic heterocycles. The van der Waals surface area contributed by atoms with Crippen molar-refractivity contribution >= 4 is 11.9 Å². The lowest BCUT2D eigenvalue weighted by Crippen LogP contribution is -2.29. The van der Waals surface area contributed by atoms with E-state index in [9.17, 15) is 14.7 Å². The van der Waals surface area contributed by atoms with Crippen LogP contribution in [-0.4, -0.2) is 23.5 Å². The molecule has 0 heterocycles. The van der Waals surface area contributed by atoms with Crippen LogP contribution in [0, 0.1) is 11.8 Å². The first kappa shape index (κ1) is 15.5. The lowest BCUT2D eigenvalue weighted by molar-refractivity contribution is -0.139. The van der Waals surface area contributed by atoms with Gasteiger partial charge in [-0.15, -0.1) is 0 Å². The van der Waals surface area contributed by atoms with Crippen molar-refractivity contribution in [2.24, 2.45) is 11.8 Å². The van der Waals surface area contributed by atoms with Crippen LogP contribution in [-0.2, 0) is 15.0 Å². The van der Waals surface area contributed by atoms with Crippen LogP contribution in [0.5, 0.6) is 0 Å². The third-order valence-corrected chi connectivity index (χ3v) is 4.35. The Balaban J connectivity index is 1.94. The fraction of sp³-hybridized carbons (Fsp3) is 0.529. The molecule has 2 N–H and O–H groups in total. The number of amides is 1. The minimum absolute atomic E-state index is 0.0132. The normalized spacial score (nSPS) is 23.9. The maximum absolute atomic E-state index is 11.5. The summed E-state index contributed by atoms with van der Waals surface area (Å²) in [6, 6.07) is 9.87. The molecule has 1 aromatic carbocycles. The highest BCUT2D eigenvalue weighted by Gasteiger charge is 2.58. The topological polar surface area (TPSA) is 66.4 Å². The van der Waals surface area contributed by atoms with E-state index in [1.54, 1.807) is 0 Å². The smallest absolute Gasteiger partial charge is 0.307 e. The van der Waals surface area contributed by atoms with E-state index in [1.807, 2.05) is 44.2 Å². The van der Waals surface area contributed by atoms with Crippen LogP contribution < -0.4 is 5.32 Å². The SMILES string of the molecule is CC(C)C(=O)NCCCC1(c2ccccc2)CC1C(=O)O. The standard InChI is InChI=1S/C17H23NO3/c1-12(2)15(19)18-10-6-9-17(11-14(17)16(20)21)13-7-4-3-5-8-13/h3-5,7-8,12,14H,6,9-11H2,1-2H3,(H,18,19)(H,20,21). The largest absolute Gasteiger partial charge is 0.481 e. The molecule has 1 saturated carbocycles. The number of carbonyl (C=O) groups excluding carboxylic acids is 1. The monoisotopic (exact) mass is 289 g/mol.